The predicted octanol–water partition coefficient (Wildman–Crippen LogP) is 3.21. The van der Waals surface area contributed by atoms with E-state index in [1.54, 1.807) is 0 Å². The summed E-state index contributed by atoms with van der Waals surface area (Å²) in [7, 11) is 0. The van der Waals surface area contributed by atoms with Crippen LogP contribution in [0.2, 0.25) is 5.02 Å². The molecule has 0 N–H and O–H groups in total. The fraction of sp³-hybridized carbons (Fsp3) is 0.583. The molecule has 5 rings (SSSR count). The predicted molar refractivity (Wildman–Crippen MR) is 117 cm³/mol. The van der Waals surface area contributed by atoms with Crippen molar-refractivity contribution in [2.45, 2.75) is 38.3 Å². The maximum absolute atomic E-state index is 13.7. The SMILES string of the molecule is CC1CCC2OC3=C(C(=O)C2C1)C(c1ccc(Cl)cc1)N(CCN1CCOCC1)C3=O. The molecule has 166 valence electrons. The van der Waals surface area contributed by atoms with Crippen LogP contribution in [0.15, 0.2) is 35.6 Å². The monoisotopic (exact) mass is 444 g/mol. The fourth-order valence-electron chi connectivity index (χ4n) is 5.42. The van der Waals surface area contributed by atoms with Crippen LogP contribution in [0.5, 0.6) is 0 Å². The average molecular weight is 445 g/mol. The fourth-order valence-corrected chi connectivity index (χ4v) is 5.55. The molecule has 1 amide bonds. The van der Waals surface area contributed by atoms with Gasteiger partial charge in [0, 0.05) is 31.2 Å². The van der Waals surface area contributed by atoms with Gasteiger partial charge >= 0.3 is 0 Å². The Balaban J connectivity index is 1.47. The molecule has 0 radical (unpaired) electrons. The number of hydrogen-bond donors (Lipinski definition) is 0. The lowest BCUT2D eigenvalue weighted by Gasteiger charge is -2.37. The first-order valence-electron chi connectivity index (χ1n) is 11.3. The van der Waals surface area contributed by atoms with Crippen LogP contribution < -0.4 is 0 Å². The van der Waals surface area contributed by atoms with Gasteiger partial charge in [0.1, 0.15) is 6.10 Å². The van der Waals surface area contributed by atoms with Crippen molar-refractivity contribution in [2.24, 2.45) is 11.8 Å². The molecule has 31 heavy (non-hydrogen) atoms. The third kappa shape index (κ3) is 3.90. The summed E-state index contributed by atoms with van der Waals surface area (Å²) in [6.45, 7) is 6.63. The molecule has 7 heteroatoms. The summed E-state index contributed by atoms with van der Waals surface area (Å²) in [4.78, 5) is 31.3. The van der Waals surface area contributed by atoms with Gasteiger partial charge in [-0.25, -0.2) is 0 Å². The zero-order chi connectivity index (χ0) is 21.5. The van der Waals surface area contributed by atoms with Gasteiger partial charge in [0.15, 0.2) is 11.5 Å². The highest BCUT2D eigenvalue weighted by Gasteiger charge is 2.52. The first-order chi connectivity index (χ1) is 15.0. The van der Waals surface area contributed by atoms with Crippen molar-refractivity contribution in [1.82, 2.24) is 9.80 Å². The van der Waals surface area contributed by atoms with Crippen molar-refractivity contribution in [3.63, 3.8) is 0 Å². The van der Waals surface area contributed by atoms with Crippen molar-refractivity contribution in [3.05, 3.63) is 46.2 Å². The number of fused-ring (bicyclic) bond motifs is 1. The number of nitrogens with zero attached hydrogens (tertiary/aromatic N) is 2. The molecule has 0 bridgehead atoms. The summed E-state index contributed by atoms with van der Waals surface area (Å²) < 4.78 is 11.7. The minimum atomic E-state index is -0.411. The highest BCUT2D eigenvalue weighted by atomic mass is 35.5. The van der Waals surface area contributed by atoms with E-state index in [9.17, 15) is 9.59 Å². The summed E-state index contributed by atoms with van der Waals surface area (Å²) in [5.74, 6) is 0.570. The number of amides is 1. The van der Waals surface area contributed by atoms with Crippen LogP contribution in [0.1, 0.15) is 37.8 Å². The first-order valence-corrected chi connectivity index (χ1v) is 11.7. The van der Waals surface area contributed by atoms with Gasteiger partial charge in [0.2, 0.25) is 0 Å². The normalized spacial score (nSPS) is 31.5. The number of carbonyl (C=O) groups is 2. The lowest BCUT2D eigenvalue weighted by Crippen LogP contribution is -2.43. The lowest BCUT2D eigenvalue weighted by atomic mass is 9.74. The molecule has 0 spiro atoms. The maximum atomic E-state index is 13.7. The van der Waals surface area contributed by atoms with Crippen LogP contribution in [-0.4, -0.2) is 67.0 Å². The molecule has 2 fully saturated rings. The van der Waals surface area contributed by atoms with Crippen molar-refractivity contribution in [3.8, 4) is 0 Å². The summed E-state index contributed by atoms with van der Waals surface area (Å²) in [6.07, 6.45) is 2.53. The van der Waals surface area contributed by atoms with E-state index in [1.165, 1.54) is 0 Å². The van der Waals surface area contributed by atoms with Gasteiger partial charge in [-0.05, 0) is 42.9 Å². The molecule has 0 aromatic heterocycles. The van der Waals surface area contributed by atoms with E-state index in [0.717, 1.165) is 44.5 Å². The second-order valence-corrected chi connectivity index (χ2v) is 9.63. The number of ether oxygens (including phenoxy) is 2. The third-order valence-electron chi connectivity index (χ3n) is 7.15. The van der Waals surface area contributed by atoms with E-state index in [-0.39, 0.29) is 29.5 Å². The summed E-state index contributed by atoms with van der Waals surface area (Å²) in [6, 6.07) is 7.06. The number of morpholine rings is 1. The molecular weight excluding hydrogens is 416 g/mol. The Labute approximate surface area is 188 Å². The molecule has 4 aliphatic rings. The Kier molecular flexibility index (Phi) is 5.80. The number of benzene rings is 1. The van der Waals surface area contributed by atoms with Crippen LogP contribution in [-0.2, 0) is 19.1 Å². The Morgan fingerprint density at radius 3 is 2.55 bits per heavy atom. The summed E-state index contributed by atoms with van der Waals surface area (Å²) >= 11 is 6.12. The highest BCUT2D eigenvalue weighted by molar-refractivity contribution is 6.30. The second-order valence-electron chi connectivity index (χ2n) is 9.19. The van der Waals surface area contributed by atoms with Crippen LogP contribution in [0.4, 0.5) is 0 Å². The quantitative estimate of drug-likeness (QED) is 0.713. The zero-order valence-corrected chi connectivity index (χ0v) is 18.6. The van der Waals surface area contributed by atoms with Crippen molar-refractivity contribution >= 4 is 23.3 Å². The van der Waals surface area contributed by atoms with E-state index in [0.29, 0.717) is 36.3 Å². The Morgan fingerprint density at radius 2 is 1.81 bits per heavy atom. The minimum absolute atomic E-state index is 0.0972. The minimum Gasteiger partial charge on any atom is -0.483 e. The molecule has 6 nitrogen and oxygen atoms in total. The largest absolute Gasteiger partial charge is 0.483 e. The van der Waals surface area contributed by atoms with E-state index in [2.05, 4.69) is 11.8 Å². The van der Waals surface area contributed by atoms with Gasteiger partial charge in [0.05, 0.1) is 30.7 Å². The molecule has 3 heterocycles. The van der Waals surface area contributed by atoms with Crippen molar-refractivity contribution in [2.75, 3.05) is 39.4 Å². The Hall–Kier alpha value is -1.89. The lowest BCUT2D eigenvalue weighted by molar-refractivity contribution is -0.136. The number of Topliss-reactive ketones (excluding diaryl/α,β-unsaturated/α-hetero) is 1. The average Bonchev–Trinajstić information content (AvgIpc) is 3.06. The van der Waals surface area contributed by atoms with Gasteiger partial charge in [0.25, 0.3) is 5.91 Å². The summed E-state index contributed by atoms with van der Waals surface area (Å²) in [5, 5.41) is 0.634. The smallest absolute Gasteiger partial charge is 0.290 e. The Bertz CT molecular complexity index is 893. The zero-order valence-electron chi connectivity index (χ0n) is 17.9. The molecule has 3 aliphatic heterocycles. The van der Waals surface area contributed by atoms with Gasteiger partial charge in [-0.3, -0.25) is 14.5 Å². The molecule has 4 atom stereocenters. The summed E-state index contributed by atoms with van der Waals surface area (Å²) in [5.41, 5.74) is 1.45. The molecule has 4 unspecified atom stereocenters. The number of rotatable bonds is 4. The number of hydrogen-bond acceptors (Lipinski definition) is 5. The van der Waals surface area contributed by atoms with Crippen LogP contribution in [0, 0.1) is 11.8 Å². The van der Waals surface area contributed by atoms with E-state index in [1.807, 2.05) is 29.2 Å². The molecule has 1 aromatic carbocycles. The third-order valence-corrected chi connectivity index (χ3v) is 7.40. The molecule has 1 saturated heterocycles. The highest BCUT2D eigenvalue weighted by Crippen LogP contribution is 2.47. The number of ketones is 1. The van der Waals surface area contributed by atoms with Crippen molar-refractivity contribution in [1.29, 1.82) is 0 Å². The topological polar surface area (TPSA) is 59.1 Å². The van der Waals surface area contributed by atoms with E-state index >= 15 is 0 Å². The van der Waals surface area contributed by atoms with Gasteiger partial charge in [-0.15, -0.1) is 0 Å². The van der Waals surface area contributed by atoms with E-state index in [4.69, 9.17) is 21.1 Å². The molecule has 1 saturated carbocycles. The first kappa shape index (κ1) is 21.0. The number of halogens is 1. The van der Waals surface area contributed by atoms with E-state index < -0.39 is 6.04 Å². The van der Waals surface area contributed by atoms with Crippen molar-refractivity contribution < 1.29 is 19.1 Å². The van der Waals surface area contributed by atoms with Crippen LogP contribution >= 0.6 is 11.6 Å². The van der Waals surface area contributed by atoms with Gasteiger partial charge in [-0.1, -0.05) is 30.7 Å². The number of carbonyl (C=O) groups excluding carboxylic acids is 2. The van der Waals surface area contributed by atoms with Gasteiger partial charge in [-0.2, -0.15) is 0 Å². The maximum Gasteiger partial charge on any atom is 0.290 e. The van der Waals surface area contributed by atoms with Gasteiger partial charge < -0.3 is 14.4 Å². The molecule has 1 aromatic rings. The van der Waals surface area contributed by atoms with Crippen LogP contribution in [0.25, 0.3) is 0 Å². The molecule has 1 aliphatic carbocycles. The molecular formula is C24H29ClN2O4. The van der Waals surface area contributed by atoms with Crippen LogP contribution in [0.3, 0.4) is 0 Å². The standard InChI is InChI=1S/C24H29ClN2O4/c1-15-2-7-19-18(14-15)22(28)20-21(16-3-5-17(25)6-4-16)27(24(29)23(20)31-19)9-8-26-10-12-30-13-11-26/h3-6,15,18-19,21H,2,7-14H2,1H3. The second kappa shape index (κ2) is 8.57. The Morgan fingerprint density at radius 1 is 1.06 bits per heavy atom.